The molecule has 136 valence electrons. The van der Waals surface area contributed by atoms with Gasteiger partial charge in [-0.1, -0.05) is 41.6 Å². The van der Waals surface area contributed by atoms with Gasteiger partial charge in [-0.05, 0) is 42.2 Å². The van der Waals surface area contributed by atoms with E-state index in [1.807, 2.05) is 37.3 Å². The Kier molecular flexibility index (Phi) is 5.38. The first kappa shape index (κ1) is 18.1. The Morgan fingerprint density at radius 1 is 1.23 bits per heavy atom. The Labute approximate surface area is 153 Å². The van der Waals surface area contributed by atoms with Gasteiger partial charge < -0.3 is 14.8 Å². The van der Waals surface area contributed by atoms with Crippen molar-refractivity contribution in [1.82, 2.24) is 4.90 Å². The molecule has 0 radical (unpaired) electrons. The number of carbonyl (C=O) groups is 1. The van der Waals surface area contributed by atoms with E-state index >= 15 is 0 Å². The summed E-state index contributed by atoms with van der Waals surface area (Å²) in [5, 5.41) is 13.6. The van der Waals surface area contributed by atoms with Crippen LogP contribution < -0.4 is 0 Å². The van der Waals surface area contributed by atoms with Crippen molar-refractivity contribution in [2.45, 2.75) is 26.3 Å². The van der Waals surface area contributed by atoms with E-state index in [2.05, 4.69) is 24.2 Å². The molecule has 5 nitrogen and oxygen atoms in total. The first-order valence-electron chi connectivity index (χ1n) is 8.72. The molecular weight excluding hydrogens is 328 g/mol. The predicted octanol–water partition coefficient (Wildman–Crippen LogP) is 3.18. The van der Waals surface area contributed by atoms with Gasteiger partial charge in [0.1, 0.15) is 7.11 Å². The van der Waals surface area contributed by atoms with E-state index < -0.39 is 0 Å². The molecule has 3 rings (SSSR count). The molecule has 0 unspecified atom stereocenters. The molecule has 1 atom stereocenters. The molecule has 26 heavy (non-hydrogen) atoms. The first-order valence-corrected chi connectivity index (χ1v) is 8.72. The standard InChI is InChI=1S/C21H24N2O3/c1-14-6-4-5-7-19(14)16-8-9-20(15(2)10-16)21(25)23-12-17(22-26-3)11-18(23)13-24/h4-10,18,24H,11-13H2,1-3H3/b22-17-/t18-/m0/s1. The van der Waals surface area contributed by atoms with Gasteiger partial charge >= 0.3 is 0 Å². The van der Waals surface area contributed by atoms with E-state index in [0.717, 1.165) is 16.8 Å². The summed E-state index contributed by atoms with van der Waals surface area (Å²) in [7, 11) is 1.49. The molecule has 1 heterocycles. The fraction of sp³-hybridized carbons (Fsp3) is 0.333. The van der Waals surface area contributed by atoms with Gasteiger partial charge in [0.05, 0.1) is 24.9 Å². The Morgan fingerprint density at radius 3 is 2.65 bits per heavy atom. The summed E-state index contributed by atoms with van der Waals surface area (Å²) < 4.78 is 0. The normalized spacial score (nSPS) is 18.4. The zero-order valence-electron chi connectivity index (χ0n) is 15.4. The van der Waals surface area contributed by atoms with Gasteiger partial charge in [0, 0.05) is 12.0 Å². The smallest absolute Gasteiger partial charge is 0.254 e. The van der Waals surface area contributed by atoms with Crippen LogP contribution in [0.3, 0.4) is 0 Å². The number of hydrogen-bond donors (Lipinski definition) is 1. The molecule has 2 aromatic rings. The van der Waals surface area contributed by atoms with Gasteiger partial charge in [0.2, 0.25) is 0 Å². The van der Waals surface area contributed by atoms with E-state index in [-0.39, 0.29) is 18.6 Å². The van der Waals surface area contributed by atoms with Crippen LogP contribution in [0.1, 0.15) is 27.9 Å². The highest BCUT2D eigenvalue weighted by Crippen LogP contribution is 2.27. The van der Waals surface area contributed by atoms with Crippen LogP contribution in [0.4, 0.5) is 0 Å². The third kappa shape index (κ3) is 3.48. The molecule has 1 fully saturated rings. The average molecular weight is 352 g/mol. The van der Waals surface area contributed by atoms with E-state index in [9.17, 15) is 9.90 Å². The molecular formula is C21H24N2O3. The molecule has 1 aliphatic heterocycles. The van der Waals surface area contributed by atoms with Crippen LogP contribution in [0.2, 0.25) is 0 Å². The van der Waals surface area contributed by atoms with E-state index in [1.54, 1.807) is 4.90 Å². The lowest BCUT2D eigenvalue weighted by Crippen LogP contribution is -2.38. The molecule has 1 amide bonds. The number of benzene rings is 2. The maximum absolute atomic E-state index is 13.0. The first-order chi connectivity index (χ1) is 12.5. The highest BCUT2D eigenvalue weighted by molar-refractivity contribution is 6.01. The fourth-order valence-electron chi connectivity index (χ4n) is 3.49. The van der Waals surface area contributed by atoms with Gasteiger partial charge in [-0.2, -0.15) is 0 Å². The minimum Gasteiger partial charge on any atom is -0.399 e. The number of nitrogens with zero attached hydrogens (tertiary/aromatic N) is 2. The molecule has 1 aliphatic rings. The number of rotatable bonds is 4. The van der Waals surface area contributed by atoms with Crippen molar-refractivity contribution in [3.8, 4) is 11.1 Å². The fourth-order valence-corrected chi connectivity index (χ4v) is 3.49. The van der Waals surface area contributed by atoms with Crippen LogP contribution in [-0.2, 0) is 4.84 Å². The summed E-state index contributed by atoms with van der Waals surface area (Å²) in [5.41, 5.74) is 5.81. The molecule has 1 N–H and O–H groups in total. The summed E-state index contributed by atoms with van der Waals surface area (Å²) in [5.74, 6) is -0.0841. The number of likely N-dealkylation sites (tertiary alicyclic amines) is 1. The second kappa shape index (κ2) is 7.70. The molecule has 0 saturated carbocycles. The lowest BCUT2D eigenvalue weighted by molar-refractivity contribution is 0.0679. The number of aryl methyl sites for hydroxylation is 2. The van der Waals surface area contributed by atoms with Crippen molar-refractivity contribution in [2.24, 2.45) is 5.16 Å². The van der Waals surface area contributed by atoms with Crippen LogP contribution >= 0.6 is 0 Å². The zero-order valence-corrected chi connectivity index (χ0v) is 15.4. The summed E-state index contributed by atoms with van der Waals surface area (Å²) >= 11 is 0. The molecule has 0 aromatic heterocycles. The number of aliphatic hydroxyl groups is 1. The Balaban J connectivity index is 1.89. The van der Waals surface area contributed by atoms with Gasteiger partial charge in [-0.15, -0.1) is 0 Å². The maximum atomic E-state index is 13.0. The third-order valence-corrected chi connectivity index (χ3v) is 4.87. The second-order valence-electron chi connectivity index (χ2n) is 6.66. The Morgan fingerprint density at radius 2 is 2.00 bits per heavy atom. The molecule has 2 aromatic carbocycles. The SMILES string of the molecule is CO/N=C1/C[C@@H](CO)N(C(=O)c2ccc(-c3ccccc3C)cc2C)C1. The summed E-state index contributed by atoms with van der Waals surface area (Å²) in [4.78, 5) is 19.5. The summed E-state index contributed by atoms with van der Waals surface area (Å²) in [6.45, 7) is 4.32. The number of hydrogen-bond acceptors (Lipinski definition) is 4. The minimum atomic E-state index is -0.258. The monoisotopic (exact) mass is 352 g/mol. The number of aliphatic hydroxyl groups excluding tert-OH is 1. The lowest BCUT2D eigenvalue weighted by Gasteiger charge is -2.23. The predicted molar refractivity (Wildman–Crippen MR) is 102 cm³/mol. The highest BCUT2D eigenvalue weighted by Gasteiger charge is 2.33. The van der Waals surface area contributed by atoms with Crippen LogP contribution in [0.5, 0.6) is 0 Å². The largest absolute Gasteiger partial charge is 0.399 e. The van der Waals surface area contributed by atoms with Crippen molar-refractivity contribution < 1.29 is 14.7 Å². The zero-order chi connectivity index (χ0) is 18.7. The quantitative estimate of drug-likeness (QED) is 0.860. The molecule has 0 spiro atoms. The topological polar surface area (TPSA) is 62.1 Å². The van der Waals surface area contributed by atoms with E-state index in [0.29, 0.717) is 18.5 Å². The summed E-state index contributed by atoms with van der Waals surface area (Å²) in [6.07, 6.45) is 0.538. The number of oxime groups is 1. The molecule has 0 aliphatic carbocycles. The lowest BCUT2D eigenvalue weighted by atomic mass is 9.96. The van der Waals surface area contributed by atoms with Gasteiger partial charge in [0.25, 0.3) is 5.91 Å². The van der Waals surface area contributed by atoms with Crippen LogP contribution in [0, 0.1) is 13.8 Å². The molecule has 0 bridgehead atoms. The number of carbonyl (C=O) groups excluding carboxylic acids is 1. The minimum absolute atomic E-state index is 0.0841. The Hall–Kier alpha value is -2.66. The van der Waals surface area contributed by atoms with Gasteiger partial charge in [-0.3, -0.25) is 4.79 Å². The molecule has 1 saturated heterocycles. The second-order valence-corrected chi connectivity index (χ2v) is 6.66. The Bertz CT molecular complexity index is 845. The third-order valence-electron chi connectivity index (χ3n) is 4.87. The van der Waals surface area contributed by atoms with Crippen LogP contribution in [0.25, 0.3) is 11.1 Å². The van der Waals surface area contributed by atoms with Crippen LogP contribution in [-0.4, -0.2) is 47.9 Å². The van der Waals surface area contributed by atoms with E-state index in [4.69, 9.17) is 4.84 Å². The highest BCUT2D eigenvalue weighted by atomic mass is 16.6. The number of amides is 1. The van der Waals surface area contributed by atoms with Crippen molar-refractivity contribution in [3.05, 3.63) is 59.2 Å². The van der Waals surface area contributed by atoms with Crippen molar-refractivity contribution >= 4 is 11.6 Å². The van der Waals surface area contributed by atoms with E-state index in [1.165, 1.54) is 18.2 Å². The van der Waals surface area contributed by atoms with Crippen LogP contribution in [0.15, 0.2) is 47.6 Å². The van der Waals surface area contributed by atoms with Gasteiger partial charge in [-0.25, -0.2) is 0 Å². The summed E-state index contributed by atoms with van der Waals surface area (Å²) in [6, 6.07) is 13.8. The van der Waals surface area contributed by atoms with Crippen molar-refractivity contribution in [1.29, 1.82) is 0 Å². The average Bonchev–Trinajstić information content (AvgIpc) is 3.05. The van der Waals surface area contributed by atoms with Crippen molar-refractivity contribution in [3.63, 3.8) is 0 Å². The van der Waals surface area contributed by atoms with Crippen molar-refractivity contribution in [2.75, 3.05) is 20.3 Å². The van der Waals surface area contributed by atoms with Gasteiger partial charge in [0.15, 0.2) is 0 Å². The molecule has 5 heteroatoms. The maximum Gasteiger partial charge on any atom is 0.254 e.